The molecule has 0 bridgehead atoms. The summed E-state index contributed by atoms with van der Waals surface area (Å²) < 4.78 is 0. The number of aliphatic hydroxyl groups excluding tert-OH is 2. The average molecular weight is 210 g/mol. The lowest BCUT2D eigenvalue weighted by molar-refractivity contribution is 0.0932. The summed E-state index contributed by atoms with van der Waals surface area (Å²) in [4.78, 5) is 0. The highest BCUT2D eigenvalue weighted by Crippen LogP contribution is 2.35. The second-order valence-electron chi connectivity index (χ2n) is 4.69. The van der Waals surface area contributed by atoms with E-state index >= 15 is 0 Å². The molecule has 0 aromatic heterocycles. The fourth-order valence-electron chi connectivity index (χ4n) is 1.53. The predicted molar refractivity (Wildman–Crippen MR) is 58.9 cm³/mol. The van der Waals surface area contributed by atoms with Crippen molar-refractivity contribution in [2.45, 2.75) is 32.3 Å². The highest BCUT2D eigenvalue weighted by molar-refractivity contribution is 5.45. The Kier molecular flexibility index (Phi) is 3.37. The second-order valence-corrected chi connectivity index (χ2v) is 4.69. The third-order valence-electron chi connectivity index (χ3n) is 2.41. The van der Waals surface area contributed by atoms with Crippen LogP contribution in [-0.2, 0) is 5.41 Å². The lowest BCUT2D eigenvalue weighted by Gasteiger charge is -2.22. The smallest absolute Gasteiger partial charge is 0.125 e. The van der Waals surface area contributed by atoms with Crippen molar-refractivity contribution in [3.63, 3.8) is 0 Å². The van der Waals surface area contributed by atoms with E-state index in [4.69, 9.17) is 5.11 Å². The molecule has 0 aliphatic rings. The van der Waals surface area contributed by atoms with Crippen molar-refractivity contribution in [2.24, 2.45) is 0 Å². The molecule has 1 unspecified atom stereocenters. The zero-order chi connectivity index (χ0) is 11.6. The van der Waals surface area contributed by atoms with Crippen LogP contribution in [0.1, 0.15) is 38.0 Å². The summed E-state index contributed by atoms with van der Waals surface area (Å²) >= 11 is 0. The molecule has 0 aliphatic carbocycles. The van der Waals surface area contributed by atoms with Crippen molar-refractivity contribution in [3.8, 4) is 5.75 Å². The first kappa shape index (κ1) is 12.0. The van der Waals surface area contributed by atoms with Gasteiger partial charge in [-0.1, -0.05) is 39.0 Å². The first-order chi connectivity index (χ1) is 6.88. The number of hydrogen-bond donors (Lipinski definition) is 3. The second kappa shape index (κ2) is 4.21. The van der Waals surface area contributed by atoms with Crippen molar-refractivity contribution in [3.05, 3.63) is 29.3 Å². The Labute approximate surface area is 90.0 Å². The van der Waals surface area contributed by atoms with Crippen LogP contribution in [0.5, 0.6) is 5.75 Å². The van der Waals surface area contributed by atoms with Crippen LogP contribution < -0.4 is 0 Å². The zero-order valence-electron chi connectivity index (χ0n) is 9.36. The third kappa shape index (κ3) is 2.49. The van der Waals surface area contributed by atoms with Crippen LogP contribution in [0.25, 0.3) is 0 Å². The lowest BCUT2D eigenvalue weighted by atomic mass is 9.84. The molecule has 0 heterocycles. The molecule has 1 atom stereocenters. The van der Waals surface area contributed by atoms with Gasteiger partial charge in [-0.25, -0.2) is 0 Å². The molecule has 1 aromatic rings. The van der Waals surface area contributed by atoms with Gasteiger partial charge >= 0.3 is 0 Å². The molecule has 1 rings (SSSR count). The Hall–Kier alpha value is -1.06. The number of rotatable bonds is 2. The van der Waals surface area contributed by atoms with Crippen LogP contribution in [-0.4, -0.2) is 21.9 Å². The summed E-state index contributed by atoms with van der Waals surface area (Å²) in [5.41, 5.74) is 0.965. The van der Waals surface area contributed by atoms with Gasteiger partial charge in [-0.15, -0.1) is 0 Å². The summed E-state index contributed by atoms with van der Waals surface area (Å²) in [6.07, 6.45) is -1.02. The van der Waals surface area contributed by atoms with Crippen molar-refractivity contribution < 1.29 is 15.3 Å². The molecular weight excluding hydrogens is 192 g/mol. The van der Waals surface area contributed by atoms with E-state index in [0.717, 1.165) is 5.56 Å². The summed E-state index contributed by atoms with van der Waals surface area (Å²) in [7, 11) is 0. The average Bonchev–Trinajstić information content (AvgIpc) is 2.15. The fourth-order valence-corrected chi connectivity index (χ4v) is 1.53. The first-order valence-electron chi connectivity index (χ1n) is 4.99. The number of hydrogen-bond acceptors (Lipinski definition) is 3. The van der Waals surface area contributed by atoms with Gasteiger partial charge in [-0.2, -0.15) is 0 Å². The minimum atomic E-state index is -1.02. The van der Waals surface area contributed by atoms with E-state index in [1.54, 1.807) is 12.1 Å². The van der Waals surface area contributed by atoms with E-state index < -0.39 is 6.10 Å². The van der Waals surface area contributed by atoms with Gasteiger partial charge in [0.2, 0.25) is 0 Å². The topological polar surface area (TPSA) is 60.7 Å². The quantitative estimate of drug-likeness (QED) is 0.696. The molecule has 15 heavy (non-hydrogen) atoms. The molecule has 0 saturated carbocycles. The highest BCUT2D eigenvalue weighted by Gasteiger charge is 2.21. The van der Waals surface area contributed by atoms with E-state index in [1.807, 2.05) is 26.8 Å². The molecule has 0 fully saturated rings. The van der Waals surface area contributed by atoms with Gasteiger partial charge in [0.05, 0.1) is 6.61 Å². The molecule has 0 saturated heterocycles. The Morgan fingerprint density at radius 2 is 1.87 bits per heavy atom. The van der Waals surface area contributed by atoms with E-state index in [2.05, 4.69) is 0 Å². The summed E-state index contributed by atoms with van der Waals surface area (Å²) in [5, 5.41) is 28.3. The van der Waals surface area contributed by atoms with E-state index in [9.17, 15) is 10.2 Å². The van der Waals surface area contributed by atoms with Crippen LogP contribution in [0.3, 0.4) is 0 Å². The number of benzene rings is 1. The molecule has 84 valence electrons. The maximum absolute atomic E-state index is 9.95. The first-order valence-corrected chi connectivity index (χ1v) is 4.99. The van der Waals surface area contributed by atoms with Gasteiger partial charge in [0.15, 0.2) is 0 Å². The van der Waals surface area contributed by atoms with E-state index in [0.29, 0.717) is 5.56 Å². The molecule has 1 aromatic carbocycles. The fraction of sp³-hybridized carbons (Fsp3) is 0.500. The van der Waals surface area contributed by atoms with Gasteiger partial charge in [0.1, 0.15) is 11.9 Å². The van der Waals surface area contributed by atoms with Crippen LogP contribution in [0.4, 0.5) is 0 Å². The minimum Gasteiger partial charge on any atom is -0.507 e. The van der Waals surface area contributed by atoms with E-state index in [-0.39, 0.29) is 17.8 Å². The van der Waals surface area contributed by atoms with Gasteiger partial charge < -0.3 is 15.3 Å². The molecule has 0 amide bonds. The van der Waals surface area contributed by atoms with Crippen molar-refractivity contribution in [2.75, 3.05) is 6.61 Å². The molecule has 3 heteroatoms. The van der Waals surface area contributed by atoms with Crippen molar-refractivity contribution in [1.82, 2.24) is 0 Å². The maximum Gasteiger partial charge on any atom is 0.125 e. The number of phenolic OH excluding ortho intramolecular Hbond substituents is 1. The highest BCUT2D eigenvalue weighted by atomic mass is 16.3. The number of aromatic hydroxyl groups is 1. The maximum atomic E-state index is 9.95. The summed E-state index contributed by atoms with van der Waals surface area (Å²) in [6, 6.07) is 5.21. The van der Waals surface area contributed by atoms with Gasteiger partial charge in [-0.3, -0.25) is 0 Å². The molecule has 0 aliphatic heterocycles. The monoisotopic (exact) mass is 210 g/mol. The van der Waals surface area contributed by atoms with Crippen LogP contribution in [0.15, 0.2) is 18.2 Å². The van der Waals surface area contributed by atoms with E-state index in [1.165, 1.54) is 0 Å². The molecule has 0 radical (unpaired) electrons. The zero-order valence-corrected chi connectivity index (χ0v) is 9.36. The molecule has 3 N–H and O–H groups in total. The Morgan fingerprint density at radius 3 is 2.33 bits per heavy atom. The standard InChI is InChI=1S/C12H18O3/c1-12(2,3)9-6-4-5-8(11(9)15)10(14)7-13/h4-6,10,13-15H,7H2,1-3H3. The normalized spacial score (nSPS) is 13.9. The summed E-state index contributed by atoms with van der Waals surface area (Å²) in [5.74, 6) is 0.0755. The van der Waals surface area contributed by atoms with Gasteiger partial charge in [-0.05, 0) is 11.0 Å². The molecule has 3 nitrogen and oxygen atoms in total. The number of para-hydroxylation sites is 1. The van der Waals surface area contributed by atoms with Crippen LogP contribution in [0, 0.1) is 0 Å². The van der Waals surface area contributed by atoms with Crippen molar-refractivity contribution in [1.29, 1.82) is 0 Å². The summed E-state index contributed by atoms with van der Waals surface area (Å²) in [6.45, 7) is 5.56. The Bertz CT molecular complexity index is 339. The van der Waals surface area contributed by atoms with Gasteiger partial charge in [0, 0.05) is 5.56 Å². The van der Waals surface area contributed by atoms with Crippen LogP contribution in [0.2, 0.25) is 0 Å². The Morgan fingerprint density at radius 1 is 1.27 bits per heavy atom. The van der Waals surface area contributed by atoms with Crippen molar-refractivity contribution >= 4 is 0 Å². The largest absolute Gasteiger partial charge is 0.507 e. The lowest BCUT2D eigenvalue weighted by Crippen LogP contribution is -2.13. The SMILES string of the molecule is CC(C)(C)c1cccc(C(O)CO)c1O. The third-order valence-corrected chi connectivity index (χ3v) is 2.41. The minimum absolute atomic E-state index is 0.0755. The van der Waals surface area contributed by atoms with Crippen LogP contribution >= 0.6 is 0 Å². The molecular formula is C12H18O3. The predicted octanol–water partition coefficient (Wildman–Crippen LogP) is 1.72. The number of aliphatic hydroxyl groups is 2. The van der Waals surface area contributed by atoms with Gasteiger partial charge in [0.25, 0.3) is 0 Å². The Balaban J connectivity index is 3.23. The number of phenols is 1. The molecule has 0 spiro atoms.